The number of ether oxygens (including phenoxy) is 2. The van der Waals surface area contributed by atoms with Crippen LogP contribution in [0.15, 0.2) is 54.6 Å². The van der Waals surface area contributed by atoms with E-state index >= 15 is 0 Å². The van der Waals surface area contributed by atoms with E-state index in [1.54, 1.807) is 24.3 Å². The summed E-state index contributed by atoms with van der Waals surface area (Å²) in [4.78, 5) is 25.3. The highest BCUT2D eigenvalue weighted by atomic mass is 16.6. The molecule has 31 heavy (non-hydrogen) atoms. The van der Waals surface area contributed by atoms with Crippen LogP contribution in [0.3, 0.4) is 0 Å². The van der Waals surface area contributed by atoms with E-state index in [1.807, 2.05) is 0 Å². The predicted octanol–water partition coefficient (Wildman–Crippen LogP) is 3.03. The van der Waals surface area contributed by atoms with Gasteiger partial charge in [-0.3, -0.25) is 4.79 Å². The maximum Gasteiger partial charge on any atom is 0.340 e. The SMILES string of the molecule is C#CCNC(=O)c1ccc2c(c1)C(=O)OC21c2ccc(O)cc2Oc2cc(O)ccc21. The van der Waals surface area contributed by atoms with Crippen molar-refractivity contribution < 1.29 is 29.3 Å². The summed E-state index contributed by atoms with van der Waals surface area (Å²) >= 11 is 0. The quantitative estimate of drug-likeness (QED) is 0.441. The predicted molar refractivity (Wildman–Crippen MR) is 109 cm³/mol. The van der Waals surface area contributed by atoms with Crippen molar-refractivity contribution in [3.63, 3.8) is 0 Å². The van der Waals surface area contributed by atoms with Gasteiger partial charge in [0.05, 0.1) is 12.1 Å². The van der Waals surface area contributed by atoms with Crippen LogP contribution in [0.2, 0.25) is 0 Å². The monoisotopic (exact) mass is 413 g/mol. The van der Waals surface area contributed by atoms with Gasteiger partial charge in [-0.15, -0.1) is 6.42 Å². The molecule has 0 aliphatic carbocycles. The zero-order valence-corrected chi connectivity index (χ0v) is 16.0. The first-order valence-corrected chi connectivity index (χ1v) is 9.38. The van der Waals surface area contributed by atoms with Crippen LogP contribution in [0, 0.1) is 12.3 Å². The van der Waals surface area contributed by atoms with Crippen LogP contribution >= 0.6 is 0 Å². The highest BCUT2D eigenvalue weighted by Gasteiger charge is 2.53. The molecule has 7 heteroatoms. The summed E-state index contributed by atoms with van der Waals surface area (Å²) in [6.45, 7) is 0.0649. The van der Waals surface area contributed by atoms with Gasteiger partial charge in [0.1, 0.15) is 23.0 Å². The summed E-state index contributed by atoms with van der Waals surface area (Å²) in [5, 5.41) is 22.5. The number of phenols is 2. The number of carbonyl (C=O) groups excluding carboxylic acids is 2. The lowest BCUT2D eigenvalue weighted by molar-refractivity contribution is 0.0224. The van der Waals surface area contributed by atoms with Crippen LogP contribution in [0.1, 0.15) is 37.4 Å². The molecule has 1 spiro atoms. The number of hydrogen-bond acceptors (Lipinski definition) is 6. The van der Waals surface area contributed by atoms with Gasteiger partial charge in [-0.05, 0) is 36.4 Å². The number of phenolic OH excluding ortho intramolecular Hbond substituents is 2. The third-order valence-electron chi connectivity index (χ3n) is 5.39. The normalized spacial score (nSPS) is 14.5. The van der Waals surface area contributed by atoms with E-state index in [1.165, 1.54) is 30.3 Å². The van der Waals surface area contributed by atoms with Crippen LogP contribution in [-0.4, -0.2) is 28.6 Å². The Kier molecular flexibility index (Phi) is 3.92. The van der Waals surface area contributed by atoms with E-state index in [4.69, 9.17) is 15.9 Å². The average molecular weight is 413 g/mol. The van der Waals surface area contributed by atoms with Crippen LogP contribution in [0.4, 0.5) is 0 Å². The molecule has 1 amide bonds. The van der Waals surface area contributed by atoms with Gasteiger partial charge in [0, 0.05) is 34.4 Å². The molecule has 3 aromatic rings. The molecule has 0 fully saturated rings. The minimum atomic E-state index is -1.36. The number of hydrogen-bond donors (Lipinski definition) is 3. The van der Waals surface area contributed by atoms with E-state index in [0.29, 0.717) is 16.7 Å². The zero-order chi connectivity index (χ0) is 21.8. The molecule has 3 N–H and O–H groups in total. The summed E-state index contributed by atoms with van der Waals surface area (Å²) < 4.78 is 11.9. The maximum atomic E-state index is 13.0. The van der Waals surface area contributed by atoms with Crippen LogP contribution in [0.25, 0.3) is 0 Å². The summed E-state index contributed by atoms with van der Waals surface area (Å²) in [5.74, 6) is 1.84. The second kappa shape index (κ2) is 6.54. The van der Waals surface area contributed by atoms with Gasteiger partial charge in [-0.2, -0.15) is 0 Å². The molecule has 152 valence electrons. The van der Waals surface area contributed by atoms with Gasteiger partial charge >= 0.3 is 5.97 Å². The van der Waals surface area contributed by atoms with Gasteiger partial charge in [0.25, 0.3) is 5.91 Å². The fraction of sp³-hybridized carbons (Fsp3) is 0.0833. The molecule has 5 rings (SSSR count). The minimum absolute atomic E-state index is 0.0254. The van der Waals surface area contributed by atoms with Gasteiger partial charge in [0.15, 0.2) is 5.60 Å². The molecular weight excluding hydrogens is 398 g/mol. The number of terminal acetylenes is 1. The fourth-order valence-corrected chi connectivity index (χ4v) is 4.08. The average Bonchev–Trinajstić information content (AvgIpc) is 3.04. The van der Waals surface area contributed by atoms with Gasteiger partial charge in [0.2, 0.25) is 0 Å². The molecule has 0 bridgehead atoms. The second-order valence-electron chi connectivity index (χ2n) is 7.18. The lowest BCUT2D eigenvalue weighted by atomic mass is 9.77. The van der Waals surface area contributed by atoms with E-state index in [0.717, 1.165) is 0 Å². The number of benzene rings is 3. The number of amides is 1. The smallest absolute Gasteiger partial charge is 0.340 e. The summed E-state index contributed by atoms with van der Waals surface area (Å²) in [7, 11) is 0. The molecule has 0 saturated heterocycles. The Morgan fingerprint density at radius 3 is 2.19 bits per heavy atom. The van der Waals surface area contributed by atoms with E-state index in [-0.39, 0.29) is 40.7 Å². The fourth-order valence-electron chi connectivity index (χ4n) is 4.08. The van der Waals surface area contributed by atoms with Gasteiger partial charge in [-0.1, -0.05) is 12.0 Å². The Bertz CT molecular complexity index is 1270. The number of esters is 1. The van der Waals surface area contributed by atoms with Crippen molar-refractivity contribution in [2.45, 2.75) is 5.60 Å². The van der Waals surface area contributed by atoms with Crippen molar-refractivity contribution in [3.05, 3.63) is 82.4 Å². The van der Waals surface area contributed by atoms with Gasteiger partial charge < -0.3 is 25.0 Å². The second-order valence-corrected chi connectivity index (χ2v) is 7.18. The molecule has 7 nitrogen and oxygen atoms in total. The van der Waals surface area contributed by atoms with Crippen molar-refractivity contribution in [1.29, 1.82) is 0 Å². The van der Waals surface area contributed by atoms with E-state index < -0.39 is 17.5 Å². The number of rotatable bonds is 2. The molecular formula is C24H15NO6. The summed E-state index contributed by atoms with van der Waals surface area (Å²) in [6, 6.07) is 13.7. The first-order valence-electron chi connectivity index (χ1n) is 9.38. The standard InChI is InChI=1S/C24H15NO6/c1-2-9-25-22(28)13-3-6-17-16(10-13)23(29)31-24(17)18-7-4-14(26)11-20(18)30-21-12-15(27)5-8-19(21)24/h1,3-8,10-12,26-27H,9H2,(H,25,28). The first kappa shape index (κ1) is 18.6. The molecule has 0 radical (unpaired) electrons. The first-order chi connectivity index (χ1) is 14.9. The third-order valence-corrected chi connectivity index (χ3v) is 5.39. The van der Waals surface area contributed by atoms with Crippen molar-refractivity contribution in [2.24, 2.45) is 0 Å². The maximum absolute atomic E-state index is 13.0. The molecule has 2 aliphatic heterocycles. The van der Waals surface area contributed by atoms with E-state index in [2.05, 4.69) is 11.2 Å². The van der Waals surface area contributed by atoms with Gasteiger partial charge in [-0.25, -0.2) is 4.79 Å². The van der Waals surface area contributed by atoms with Crippen LogP contribution in [0.5, 0.6) is 23.0 Å². The Morgan fingerprint density at radius 2 is 1.58 bits per heavy atom. The Labute approximate surface area is 176 Å². The van der Waals surface area contributed by atoms with Crippen molar-refractivity contribution in [2.75, 3.05) is 6.54 Å². The molecule has 2 heterocycles. The van der Waals surface area contributed by atoms with Crippen molar-refractivity contribution >= 4 is 11.9 Å². The van der Waals surface area contributed by atoms with Crippen molar-refractivity contribution in [3.8, 4) is 35.3 Å². The molecule has 2 aliphatic rings. The lowest BCUT2D eigenvalue weighted by Gasteiger charge is -2.36. The molecule has 0 aromatic heterocycles. The minimum Gasteiger partial charge on any atom is -0.508 e. The Hall–Kier alpha value is -4.44. The number of nitrogens with one attached hydrogen (secondary N) is 1. The molecule has 0 atom stereocenters. The third kappa shape index (κ3) is 2.62. The number of aromatic hydroxyl groups is 2. The van der Waals surface area contributed by atoms with E-state index in [9.17, 15) is 19.8 Å². The highest BCUT2D eigenvalue weighted by molar-refractivity contribution is 6.01. The molecule has 0 unspecified atom stereocenters. The van der Waals surface area contributed by atoms with Crippen molar-refractivity contribution in [1.82, 2.24) is 5.32 Å². The molecule has 0 saturated carbocycles. The summed E-state index contributed by atoms with van der Waals surface area (Å²) in [5.41, 5.74) is 0.693. The Balaban J connectivity index is 1.74. The lowest BCUT2D eigenvalue weighted by Crippen LogP contribution is -2.33. The largest absolute Gasteiger partial charge is 0.508 e. The highest BCUT2D eigenvalue weighted by Crippen LogP contribution is 2.57. The van der Waals surface area contributed by atoms with Crippen LogP contribution < -0.4 is 10.1 Å². The number of fused-ring (bicyclic) bond motifs is 6. The Morgan fingerprint density at radius 1 is 0.968 bits per heavy atom. The number of carbonyl (C=O) groups is 2. The topological polar surface area (TPSA) is 105 Å². The molecule has 3 aromatic carbocycles. The zero-order valence-electron chi connectivity index (χ0n) is 16.0. The van der Waals surface area contributed by atoms with Crippen LogP contribution in [-0.2, 0) is 10.3 Å². The summed E-state index contributed by atoms with van der Waals surface area (Å²) in [6.07, 6.45) is 5.19.